The summed E-state index contributed by atoms with van der Waals surface area (Å²) in [4.78, 5) is 24.5. The molecule has 23 heavy (non-hydrogen) atoms. The molecule has 0 bridgehead atoms. The van der Waals surface area contributed by atoms with Gasteiger partial charge < -0.3 is 10.6 Å². The number of amides is 2. The van der Waals surface area contributed by atoms with Crippen LogP contribution in [0.15, 0.2) is 30.3 Å². The SMILES string of the molecule is CCCCCC(=O)NC(C(=O)NCc1ccccc1)C(C)CC. The van der Waals surface area contributed by atoms with E-state index in [1.165, 1.54) is 0 Å². The molecule has 2 N–H and O–H groups in total. The minimum absolute atomic E-state index is 0.0291. The molecule has 0 aliphatic rings. The number of unbranched alkanes of at least 4 members (excludes halogenated alkanes) is 2. The van der Waals surface area contributed by atoms with E-state index in [4.69, 9.17) is 0 Å². The molecule has 4 nitrogen and oxygen atoms in total. The van der Waals surface area contributed by atoms with Crippen LogP contribution in [0, 0.1) is 5.92 Å². The van der Waals surface area contributed by atoms with Gasteiger partial charge in [0.25, 0.3) is 0 Å². The standard InChI is InChI=1S/C19H30N2O2/c1-4-6-8-13-17(22)21-18(15(3)5-2)19(23)20-14-16-11-9-7-10-12-16/h7,9-12,15,18H,4-6,8,13-14H2,1-3H3,(H,20,23)(H,21,22). The van der Waals surface area contributed by atoms with E-state index in [1.54, 1.807) is 0 Å². The zero-order valence-corrected chi connectivity index (χ0v) is 14.6. The molecular formula is C19H30N2O2. The fraction of sp³-hybridized carbons (Fsp3) is 0.579. The summed E-state index contributed by atoms with van der Waals surface area (Å²) in [6, 6.07) is 9.33. The summed E-state index contributed by atoms with van der Waals surface area (Å²) in [5.41, 5.74) is 1.05. The average molecular weight is 318 g/mol. The van der Waals surface area contributed by atoms with E-state index in [9.17, 15) is 9.59 Å². The number of benzene rings is 1. The van der Waals surface area contributed by atoms with Crippen molar-refractivity contribution in [2.45, 2.75) is 65.5 Å². The number of nitrogens with one attached hydrogen (secondary N) is 2. The van der Waals surface area contributed by atoms with Gasteiger partial charge in [0, 0.05) is 13.0 Å². The lowest BCUT2D eigenvalue weighted by molar-refractivity contribution is -0.130. The second kappa shape index (κ2) is 10.8. The van der Waals surface area contributed by atoms with E-state index in [0.717, 1.165) is 31.2 Å². The summed E-state index contributed by atoms with van der Waals surface area (Å²) in [7, 11) is 0. The van der Waals surface area contributed by atoms with Crippen molar-refractivity contribution in [2.75, 3.05) is 0 Å². The van der Waals surface area contributed by atoms with Gasteiger partial charge in [-0.25, -0.2) is 0 Å². The van der Waals surface area contributed by atoms with Crippen LogP contribution in [-0.2, 0) is 16.1 Å². The molecule has 0 radical (unpaired) electrons. The Balaban J connectivity index is 2.55. The van der Waals surface area contributed by atoms with Crippen LogP contribution in [0.5, 0.6) is 0 Å². The molecule has 0 aromatic heterocycles. The van der Waals surface area contributed by atoms with Crippen molar-refractivity contribution < 1.29 is 9.59 Å². The quantitative estimate of drug-likeness (QED) is 0.650. The molecule has 4 heteroatoms. The first-order valence-electron chi connectivity index (χ1n) is 8.69. The maximum absolute atomic E-state index is 12.5. The van der Waals surface area contributed by atoms with Crippen molar-refractivity contribution in [3.8, 4) is 0 Å². The van der Waals surface area contributed by atoms with Gasteiger partial charge in [-0.3, -0.25) is 9.59 Å². The van der Waals surface area contributed by atoms with Crippen molar-refractivity contribution in [1.29, 1.82) is 0 Å². The van der Waals surface area contributed by atoms with E-state index < -0.39 is 6.04 Å². The van der Waals surface area contributed by atoms with Crippen molar-refractivity contribution >= 4 is 11.8 Å². The van der Waals surface area contributed by atoms with E-state index in [0.29, 0.717) is 13.0 Å². The molecule has 0 aliphatic heterocycles. The Hall–Kier alpha value is -1.84. The summed E-state index contributed by atoms with van der Waals surface area (Å²) >= 11 is 0. The second-order valence-corrected chi connectivity index (χ2v) is 6.09. The third-order valence-electron chi connectivity index (χ3n) is 4.13. The molecule has 2 amide bonds. The van der Waals surface area contributed by atoms with Crippen LogP contribution in [0.25, 0.3) is 0 Å². The van der Waals surface area contributed by atoms with Gasteiger partial charge in [0.1, 0.15) is 6.04 Å². The highest BCUT2D eigenvalue weighted by molar-refractivity contribution is 5.87. The molecule has 0 fully saturated rings. The summed E-state index contributed by atoms with van der Waals surface area (Å²) in [5, 5.41) is 5.84. The minimum Gasteiger partial charge on any atom is -0.350 e. The Morgan fingerprint density at radius 1 is 1.09 bits per heavy atom. The third kappa shape index (κ3) is 7.31. The molecule has 1 aromatic rings. The predicted molar refractivity (Wildman–Crippen MR) is 93.8 cm³/mol. The molecule has 1 aromatic carbocycles. The number of hydrogen-bond acceptors (Lipinski definition) is 2. The Labute approximate surface area is 140 Å². The normalized spacial score (nSPS) is 13.2. The highest BCUT2D eigenvalue weighted by Crippen LogP contribution is 2.10. The van der Waals surface area contributed by atoms with Crippen LogP contribution in [-0.4, -0.2) is 17.9 Å². The van der Waals surface area contributed by atoms with Crippen LogP contribution in [0.1, 0.15) is 58.4 Å². The van der Waals surface area contributed by atoms with Crippen molar-refractivity contribution in [3.05, 3.63) is 35.9 Å². The molecule has 0 saturated carbocycles. The largest absolute Gasteiger partial charge is 0.350 e. The Bertz CT molecular complexity index is 474. The Morgan fingerprint density at radius 3 is 2.39 bits per heavy atom. The summed E-state index contributed by atoms with van der Waals surface area (Å²) in [5.74, 6) is -0.0217. The molecule has 2 atom stereocenters. The van der Waals surface area contributed by atoms with Crippen LogP contribution >= 0.6 is 0 Å². The summed E-state index contributed by atoms with van der Waals surface area (Å²) < 4.78 is 0. The van der Waals surface area contributed by atoms with Gasteiger partial charge in [-0.2, -0.15) is 0 Å². The summed E-state index contributed by atoms with van der Waals surface area (Å²) in [6.45, 7) is 6.62. The van der Waals surface area contributed by atoms with Gasteiger partial charge in [-0.1, -0.05) is 70.4 Å². The van der Waals surface area contributed by atoms with Crippen LogP contribution in [0.3, 0.4) is 0 Å². The van der Waals surface area contributed by atoms with Crippen LogP contribution in [0.2, 0.25) is 0 Å². The molecule has 1 rings (SSSR count). The van der Waals surface area contributed by atoms with Gasteiger partial charge >= 0.3 is 0 Å². The van der Waals surface area contributed by atoms with Crippen LogP contribution < -0.4 is 10.6 Å². The predicted octanol–water partition coefficient (Wildman–Crippen LogP) is 3.41. The number of rotatable bonds is 10. The maximum atomic E-state index is 12.5. The van der Waals surface area contributed by atoms with Crippen molar-refractivity contribution in [3.63, 3.8) is 0 Å². The fourth-order valence-corrected chi connectivity index (χ4v) is 2.38. The van der Waals surface area contributed by atoms with Gasteiger partial charge in [-0.05, 0) is 17.9 Å². The molecule has 0 aliphatic carbocycles. The minimum atomic E-state index is -0.460. The zero-order valence-electron chi connectivity index (χ0n) is 14.6. The van der Waals surface area contributed by atoms with E-state index in [1.807, 2.05) is 44.2 Å². The Morgan fingerprint density at radius 2 is 1.78 bits per heavy atom. The first kappa shape index (κ1) is 19.2. The first-order chi connectivity index (χ1) is 11.1. The second-order valence-electron chi connectivity index (χ2n) is 6.09. The maximum Gasteiger partial charge on any atom is 0.243 e. The van der Waals surface area contributed by atoms with Gasteiger partial charge in [0.15, 0.2) is 0 Å². The highest BCUT2D eigenvalue weighted by atomic mass is 16.2. The van der Waals surface area contributed by atoms with E-state index >= 15 is 0 Å². The van der Waals surface area contributed by atoms with Crippen LogP contribution in [0.4, 0.5) is 0 Å². The smallest absolute Gasteiger partial charge is 0.243 e. The van der Waals surface area contributed by atoms with Crippen molar-refractivity contribution in [2.24, 2.45) is 5.92 Å². The number of carbonyl (C=O) groups excluding carboxylic acids is 2. The van der Waals surface area contributed by atoms with E-state index in [2.05, 4.69) is 17.6 Å². The number of hydrogen-bond donors (Lipinski definition) is 2. The molecular weight excluding hydrogens is 288 g/mol. The first-order valence-corrected chi connectivity index (χ1v) is 8.69. The molecule has 2 unspecified atom stereocenters. The third-order valence-corrected chi connectivity index (χ3v) is 4.13. The summed E-state index contributed by atoms with van der Waals surface area (Å²) in [6.07, 6.45) is 4.34. The van der Waals surface area contributed by atoms with E-state index in [-0.39, 0.29) is 17.7 Å². The molecule has 128 valence electrons. The lowest BCUT2D eigenvalue weighted by Crippen LogP contribution is -2.50. The van der Waals surface area contributed by atoms with Gasteiger partial charge in [0.2, 0.25) is 11.8 Å². The lowest BCUT2D eigenvalue weighted by Gasteiger charge is -2.23. The molecule has 0 spiro atoms. The molecule has 0 saturated heterocycles. The Kier molecular flexibility index (Phi) is 9.03. The highest BCUT2D eigenvalue weighted by Gasteiger charge is 2.25. The number of carbonyl (C=O) groups is 2. The zero-order chi connectivity index (χ0) is 17.1. The topological polar surface area (TPSA) is 58.2 Å². The van der Waals surface area contributed by atoms with Gasteiger partial charge in [-0.15, -0.1) is 0 Å². The lowest BCUT2D eigenvalue weighted by atomic mass is 9.98. The average Bonchev–Trinajstić information content (AvgIpc) is 2.58. The van der Waals surface area contributed by atoms with Gasteiger partial charge in [0.05, 0.1) is 0 Å². The fourth-order valence-electron chi connectivity index (χ4n) is 2.38. The van der Waals surface area contributed by atoms with Crippen molar-refractivity contribution in [1.82, 2.24) is 10.6 Å². The monoisotopic (exact) mass is 318 g/mol. The molecule has 0 heterocycles.